The fraction of sp³-hybridized carbons (Fsp3) is 0.867. The molecule has 0 N–H and O–H groups in total. The average molecular weight is 267 g/mol. The van der Waals surface area contributed by atoms with Crippen LogP contribution in [0.2, 0.25) is 0 Å². The van der Waals surface area contributed by atoms with Gasteiger partial charge in [-0.15, -0.1) is 0 Å². The summed E-state index contributed by atoms with van der Waals surface area (Å²) in [6.45, 7) is 7.23. The van der Waals surface area contributed by atoms with Gasteiger partial charge in [-0.05, 0) is 57.8 Å². The van der Waals surface area contributed by atoms with Crippen LogP contribution in [0.5, 0.6) is 0 Å². The molecule has 1 heterocycles. The van der Waals surface area contributed by atoms with Crippen molar-refractivity contribution in [3.63, 3.8) is 0 Å². The number of likely N-dealkylation sites (tertiary alicyclic amines) is 1. The highest BCUT2D eigenvalue weighted by atomic mass is 16.6. The molecule has 1 aliphatic carbocycles. The van der Waals surface area contributed by atoms with Crippen molar-refractivity contribution in [3.05, 3.63) is 0 Å². The lowest BCUT2D eigenvalue weighted by Crippen LogP contribution is -2.37. The molecule has 1 spiro atoms. The van der Waals surface area contributed by atoms with E-state index in [1.54, 1.807) is 0 Å². The Kier molecular flexibility index (Phi) is 3.88. The summed E-state index contributed by atoms with van der Waals surface area (Å²) in [4.78, 5) is 24.5. The molecule has 1 aliphatic heterocycles. The maximum atomic E-state index is 12.1. The third kappa shape index (κ3) is 3.48. The standard InChI is InChI=1S/C15H25NO3/c1-14(2,3)19-13(18)16-8-4-6-15(7-9-16)11-12(15)5-10-17/h10,12H,4-9,11H2,1-3H3. The summed E-state index contributed by atoms with van der Waals surface area (Å²) in [7, 11) is 0. The molecule has 2 aliphatic rings. The highest BCUT2D eigenvalue weighted by Gasteiger charge is 2.53. The summed E-state index contributed by atoms with van der Waals surface area (Å²) in [5.74, 6) is 0.559. The Morgan fingerprint density at radius 2 is 2.11 bits per heavy atom. The first-order chi connectivity index (χ1) is 8.86. The summed E-state index contributed by atoms with van der Waals surface area (Å²) in [6.07, 6.45) is 5.87. The Morgan fingerprint density at radius 1 is 1.37 bits per heavy atom. The zero-order valence-electron chi connectivity index (χ0n) is 12.3. The molecule has 1 saturated carbocycles. The number of amides is 1. The van der Waals surface area contributed by atoms with E-state index in [1.165, 1.54) is 0 Å². The molecule has 4 nitrogen and oxygen atoms in total. The highest BCUT2D eigenvalue weighted by molar-refractivity contribution is 5.68. The Morgan fingerprint density at radius 3 is 2.74 bits per heavy atom. The van der Waals surface area contributed by atoms with Gasteiger partial charge in [-0.2, -0.15) is 0 Å². The third-order valence-electron chi connectivity index (χ3n) is 4.37. The monoisotopic (exact) mass is 267 g/mol. The summed E-state index contributed by atoms with van der Waals surface area (Å²) >= 11 is 0. The quantitative estimate of drug-likeness (QED) is 0.723. The second-order valence-corrected chi connectivity index (χ2v) is 6.99. The number of ether oxygens (including phenoxy) is 1. The minimum Gasteiger partial charge on any atom is -0.444 e. The molecule has 0 aromatic rings. The van der Waals surface area contributed by atoms with Gasteiger partial charge in [-0.25, -0.2) is 4.79 Å². The predicted molar refractivity (Wildman–Crippen MR) is 72.9 cm³/mol. The van der Waals surface area contributed by atoms with Gasteiger partial charge in [0.15, 0.2) is 0 Å². The number of hydrogen-bond donors (Lipinski definition) is 0. The van der Waals surface area contributed by atoms with Crippen LogP contribution in [0.1, 0.15) is 52.9 Å². The van der Waals surface area contributed by atoms with Crippen molar-refractivity contribution in [1.82, 2.24) is 4.90 Å². The number of carbonyl (C=O) groups excluding carboxylic acids is 2. The Balaban J connectivity index is 1.87. The third-order valence-corrected chi connectivity index (χ3v) is 4.37. The fourth-order valence-corrected chi connectivity index (χ4v) is 3.22. The maximum Gasteiger partial charge on any atom is 0.410 e. The maximum absolute atomic E-state index is 12.1. The number of nitrogens with zero attached hydrogens (tertiary/aromatic N) is 1. The SMILES string of the molecule is CC(C)(C)OC(=O)N1CCCC2(CC1)CC2CC=O. The average Bonchev–Trinajstić information content (AvgIpc) is 3.00. The summed E-state index contributed by atoms with van der Waals surface area (Å²) < 4.78 is 5.43. The second kappa shape index (κ2) is 5.14. The van der Waals surface area contributed by atoms with Gasteiger partial charge in [-0.1, -0.05) is 0 Å². The molecule has 1 amide bonds. The Hall–Kier alpha value is -1.06. The first-order valence-corrected chi connectivity index (χ1v) is 7.28. The van der Waals surface area contributed by atoms with Crippen LogP contribution in [0.15, 0.2) is 0 Å². The zero-order valence-corrected chi connectivity index (χ0v) is 12.3. The number of aldehydes is 1. The number of rotatable bonds is 2. The second-order valence-electron chi connectivity index (χ2n) is 6.99. The van der Waals surface area contributed by atoms with Gasteiger partial charge in [0.2, 0.25) is 0 Å². The van der Waals surface area contributed by atoms with E-state index in [4.69, 9.17) is 4.74 Å². The Bertz CT molecular complexity index is 361. The minimum absolute atomic E-state index is 0.197. The molecule has 19 heavy (non-hydrogen) atoms. The number of hydrogen-bond acceptors (Lipinski definition) is 3. The molecule has 108 valence electrons. The van der Waals surface area contributed by atoms with Gasteiger partial charge < -0.3 is 14.4 Å². The van der Waals surface area contributed by atoms with Crippen molar-refractivity contribution < 1.29 is 14.3 Å². The molecule has 0 aromatic carbocycles. The molecule has 2 atom stereocenters. The van der Waals surface area contributed by atoms with Crippen LogP contribution >= 0.6 is 0 Å². The van der Waals surface area contributed by atoms with Gasteiger partial charge in [0.1, 0.15) is 11.9 Å². The van der Waals surface area contributed by atoms with Crippen molar-refractivity contribution >= 4 is 12.4 Å². The van der Waals surface area contributed by atoms with E-state index in [1.807, 2.05) is 25.7 Å². The van der Waals surface area contributed by atoms with Gasteiger partial charge in [-0.3, -0.25) is 0 Å². The van der Waals surface area contributed by atoms with Crippen LogP contribution in [0, 0.1) is 11.3 Å². The lowest BCUT2D eigenvalue weighted by atomic mass is 9.93. The Labute approximate surface area is 115 Å². The first kappa shape index (κ1) is 14.4. The molecule has 4 heteroatoms. The van der Waals surface area contributed by atoms with Crippen LogP contribution < -0.4 is 0 Å². The number of carbonyl (C=O) groups is 2. The summed E-state index contributed by atoms with van der Waals surface area (Å²) in [5, 5.41) is 0. The molecular weight excluding hydrogens is 242 g/mol. The van der Waals surface area contributed by atoms with Gasteiger partial charge in [0.05, 0.1) is 0 Å². The van der Waals surface area contributed by atoms with Crippen molar-refractivity contribution in [3.8, 4) is 0 Å². The van der Waals surface area contributed by atoms with E-state index in [9.17, 15) is 9.59 Å². The van der Waals surface area contributed by atoms with Crippen molar-refractivity contribution in [1.29, 1.82) is 0 Å². The van der Waals surface area contributed by atoms with Crippen LogP contribution in [-0.4, -0.2) is 36.0 Å². The topological polar surface area (TPSA) is 46.6 Å². The van der Waals surface area contributed by atoms with Gasteiger partial charge in [0, 0.05) is 19.5 Å². The molecule has 0 aromatic heterocycles. The summed E-state index contributed by atoms with van der Waals surface area (Å²) in [6, 6.07) is 0. The molecule has 0 radical (unpaired) electrons. The summed E-state index contributed by atoms with van der Waals surface area (Å²) in [5.41, 5.74) is -0.0849. The molecule has 1 saturated heterocycles. The van der Waals surface area contributed by atoms with Crippen LogP contribution in [0.25, 0.3) is 0 Å². The molecule has 0 bridgehead atoms. The van der Waals surface area contributed by atoms with Crippen molar-refractivity contribution in [2.45, 2.75) is 58.5 Å². The molecule has 2 rings (SSSR count). The molecule has 2 fully saturated rings. The van der Waals surface area contributed by atoms with Crippen LogP contribution in [-0.2, 0) is 9.53 Å². The van der Waals surface area contributed by atoms with E-state index in [0.29, 0.717) is 17.8 Å². The van der Waals surface area contributed by atoms with Gasteiger partial charge >= 0.3 is 6.09 Å². The van der Waals surface area contributed by atoms with Crippen LogP contribution in [0.4, 0.5) is 4.79 Å². The predicted octanol–water partition coefficient (Wildman–Crippen LogP) is 3.00. The largest absolute Gasteiger partial charge is 0.444 e. The van der Waals surface area contributed by atoms with Crippen molar-refractivity contribution in [2.75, 3.05) is 13.1 Å². The van der Waals surface area contributed by atoms with E-state index < -0.39 is 5.60 Å². The fourth-order valence-electron chi connectivity index (χ4n) is 3.22. The molecular formula is C15H25NO3. The van der Waals surface area contributed by atoms with Gasteiger partial charge in [0.25, 0.3) is 0 Å². The lowest BCUT2D eigenvalue weighted by Gasteiger charge is -2.26. The smallest absolute Gasteiger partial charge is 0.410 e. The highest BCUT2D eigenvalue weighted by Crippen LogP contribution is 2.60. The minimum atomic E-state index is -0.430. The van der Waals surface area contributed by atoms with E-state index in [0.717, 1.165) is 45.1 Å². The van der Waals surface area contributed by atoms with Crippen LogP contribution in [0.3, 0.4) is 0 Å². The molecule has 2 unspecified atom stereocenters. The van der Waals surface area contributed by atoms with E-state index in [2.05, 4.69) is 0 Å². The zero-order chi connectivity index (χ0) is 14.1. The van der Waals surface area contributed by atoms with Crippen molar-refractivity contribution in [2.24, 2.45) is 11.3 Å². The van der Waals surface area contributed by atoms with E-state index in [-0.39, 0.29) is 6.09 Å². The first-order valence-electron chi connectivity index (χ1n) is 7.28. The van der Waals surface area contributed by atoms with E-state index >= 15 is 0 Å². The lowest BCUT2D eigenvalue weighted by molar-refractivity contribution is -0.108. The normalized spacial score (nSPS) is 30.9.